The molecule has 1 amide bonds. The van der Waals surface area contributed by atoms with Crippen LogP contribution in [0.1, 0.15) is 21.6 Å². The molecule has 0 fully saturated rings. The molecular formula is C23H17ClN6O2. The van der Waals surface area contributed by atoms with Crippen LogP contribution in [0.2, 0.25) is 5.02 Å². The van der Waals surface area contributed by atoms with Gasteiger partial charge in [-0.15, -0.1) is 0 Å². The molecule has 0 radical (unpaired) electrons. The van der Waals surface area contributed by atoms with E-state index in [2.05, 4.69) is 15.1 Å². The number of halogens is 1. The number of amides is 1. The van der Waals surface area contributed by atoms with Crippen LogP contribution in [-0.4, -0.2) is 41.9 Å². The highest BCUT2D eigenvalue weighted by molar-refractivity contribution is 6.33. The molecular weight excluding hydrogens is 428 g/mol. The van der Waals surface area contributed by atoms with Gasteiger partial charge in [-0.25, -0.2) is 14.5 Å². The summed E-state index contributed by atoms with van der Waals surface area (Å²) < 4.78 is 1.42. The number of rotatable bonds is 2. The number of carbonyl (C=O) groups excluding carboxylic acids is 1. The van der Waals surface area contributed by atoms with Crippen molar-refractivity contribution in [1.29, 1.82) is 0 Å². The molecule has 2 N–H and O–H groups in total. The molecule has 0 saturated heterocycles. The van der Waals surface area contributed by atoms with E-state index in [1.807, 2.05) is 30.3 Å². The van der Waals surface area contributed by atoms with Crippen molar-refractivity contribution in [3.8, 4) is 11.3 Å². The maximum atomic E-state index is 13.3. The predicted molar refractivity (Wildman–Crippen MR) is 121 cm³/mol. The summed E-state index contributed by atoms with van der Waals surface area (Å²) in [6, 6.07) is 14.6. The number of H-pyrrole nitrogens is 2. The Morgan fingerprint density at radius 1 is 1.12 bits per heavy atom. The number of imidazole rings is 1. The minimum Gasteiger partial charge on any atom is -0.345 e. The summed E-state index contributed by atoms with van der Waals surface area (Å²) in [5.41, 5.74) is 5.25. The van der Waals surface area contributed by atoms with E-state index < -0.39 is 0 Å². The van der Waals surface area contributed by atoms with Crippen LogP contribution in [0.4, 0.5) is 0 Å². The highest BCUT2D eigenvalue weighted by Crippen LogP contribution is 2.27. The minimum absolute atomic E-state index is 0.125. The molecule has 0 spiro atoms. The molecule has 9 heteroatoms. The molecule has 1 aliphatic heterocycles. The summed E-state index contributed by atoms with van der Waals surface area (Å²) in [6.07, 6.45) is 2.12. The molecule has 158 valence electrons. The van der Waals surface area contributed by atoms with Crippen LogP contribution < -0.4 is 5.56 Å². The molecule has 0 saturated carbocycles. The van der Waals surface area contributed by atoms with Crippen molar-refractivity contribution in [1.82, 2.24) is 29.5 Å². The van der Waals surface area contributed by atoms with Crippen LogP contribution >= 0.6 is 11.6 Å². The summed E-state index contributed by atoms with van der Waals surface area (Å²) in [4.78, 5) is 40.0. The summed E-state index contributed by atoms with van der Waals surface area (Å²) in [5.74, 6) is -0.125. The van der Waals surface area contributed by atoms with Crippen molar-refractivity contribution >= 4 is 34.2 Å². The van der Waals surface area contributed by atoms with E-state index in [9.17, 15) is 9.59 Å². The molecule has 3 aromatic heterocycles. The molecule has 1 aliphatic rings. The summed E-state index contributed by atoms with van der Waals surface area (Å²) in [6.45, 7) is 0.710. The normalized spacial score (nSPS) is 13.6. The van der Waals surface area contributed by atoms with Gasteiger partial charge in [-0.05, 0) is 24.3 Å². The third-order valence-corrected chi connectivity index (χ3v) is 6.21. The molecule has 0 aliphatic carbocycles. The van der Waals surface area contributed by atoms with Crippen molar-refractivity contribution in [3.05, 3.63) is 87.1 Å². The van der Waals surface area contributed by atoms with Crippen LogP contribution in [0.25, 0.3) is 27.9 Å². The number of hydrogen-bond acceptors (Lipinski definition) is 4. The van der Waals surface area contributed by atoms with Crippen LogP contribution in [0.3, 0.4) is 0 Å². The standard InChI is InChI=1S/C23H17ClN6O2/c24-16-4-2-1-3-14(16)19-10-21-27-17-7-8-29(11-15(17)23(32)30(21)28-19)22(31)13-5-6-18-20(9-13)26-12-25-18/h1-6,9-10,12,28H,7-8,11H2,(H,25,26). The Labute approximate surface area is 186 Å². The molecule has 0 bridgehead atoms. The van der Waals surface area contributed by atoms with Gasteiger partial charge in [-0.2, -0.15) is 0 Å². The second kappa shape index (κ2) is 7.06. The van der Waals surface area contributed by atoms with Crippen molar-refractivity contribution in [2.24, 2.45) is 0 Å². The Morgan fingerprint density at radius 2 is 2.00 bits per heavy atom. The first-order valence-electron chi connectivity index (χ1n) is 10.2. The van der Waals surface area contributed by atoms with Crippen molar-refractivity contribution < 1.29 is 4.79 Å². The lowest BCUT2D eigenvalue weighted by molar-refractivity contribution is 0.0732. The second-order valence-electron chi connectivity index (χ2n) is 7.80. The lowest BCUT2D eigenvalue weighted by Gasteiger charge is -2.27. The highest BCUT2D eigenvalue weighted by Gasteiger charge is 2.26. The molecule has 0 atom stereocenters. The number of hydrogen-bond donors (Lipinski definition) is 2. The van der Waals surface area contributed by atoms with Gasteiger partial charge in [-0.3, -0.25) is 14.7 Å². The third kappa shape index (κ3) is 2.91. The third-order valence-electron chi connectivity index (χ3n) is 5.88. The quantitative estimate of drug-likeness (QED) is 0.435. The van der Waals surface area contributed by atoms with E-state index in [4.69, 9.17) is 16.6 Å². The predicted octanol–water partition coefficient (Wildman–Crippen LogP) is 3.42. The average molecular weight is 445 g/mol. The summed E-state index contributed by atoms with van der Waals surface area (Å²) in [7, 11) is 0. The number of nitrogens with zero attached hydrogens (tertiary/aromatic N) is 4. The zero-order valence-corrected chi connectivity index (χ0v) is 17.6. The van der Waals surface area contributed by atoms with Gasteiger partial charge in [0.05, 0.1) is 40.9 Å². The first kappa shape index (κ1) is 18.8. The molecule has 8 nitrogen and oxygen atoms in total. The Bertz CT molecular complexity index is 1580. The fourth-order valence-corrected chi connectivity index (χ4v) is 4.46. The number of aromatic amines is 2. The highest BCUT2D eigenvalue weighted by atomic mass is 35.5. The fraction of sp³-hybridized carbons (Fsp3) is 0.130. The number of benzene rings is 2. The van der Waals surface area contributed by atoms with Gasteiger partial charge in [0.2, 0.25) is 0 Å². The van der Waals surface area contributed by atoms with E-state index >= 15 is 0 Å². The zero-order valence-electron chi connectivity index (χ0n) is 16.8. The van der Waals surface area contributed by atoms with Crippen molar-refractivity contribution in [3.63, 3.8) is 0 Å². The monoisotopic (exact) mass is 444 g/mol. The van der Waals surface area contributed by atoms with Gasteiger partial charge < -0.3 is 9.88 Å². The Morgan fingerprint density at radius 3 is 2.88 bits per heavy atom. The summed E-state index contributed by atoms with van der Waals surface area (Å²) in [5, 5.41) is 3.69. The molecule has 5 aromatic rings. The van der Waals surface area contributed by atoms with Gasteiger partial charge in [0.15, 0.2) is 5.65 Å². The Kier molecular flexibility index (Phi) is 4.16. The van der Waals surface area contributed by atoms with Crippen molar-refractivity contribution in [2.75, 3.05) is 6.54 Å². The lowest BCUT2D eigenvalue weighted by Crippen LogP contribution is -2.40. The summed E-state index contributed by atoms with van der Waals surface area (Å²) >= 11 is 6.32. The van der Waals surface area contributed by atoms with E-state index in [-0.39, 0.29) is 18.0 Å². The van der Waals surface area contributed by atoms with E-state index in [1.54, 1.807) is 29.4 Å². The maximum Gasteiger partial charge on any atom is 0.277 e. The van der Waals surface area contributed by atoms with Gasteiger partial charge in [0.1, 0.15) is 0 Å². The average Bonchev–Trinajstić information content (AvgIpc) is 3.45. The molecule has 2 aromatic carbocycles. The van der Waals surface area contributed by atoms with E-state index in [0.29, 0.717) is 40.5 Å². The zero-order chi connectivity index (χ0) is 21.8. The van der Waals surface area contributed by atoms with Crippen molar-refractivity contribution in [2.45, 2.75) is 13.0 Å². The van der Waals surface area contributed by atoms with Gasteiger partial charge >= 0.3 is 0 Å². The first-order valence-corrected chi connectivity index (χ1v) is 10.6. The second-order valence-corrected chi connectivity index (χ2v) is 8.20. The van der Waals surface area contributed by atoms with Crippen LogP contribution in [0.15, 0.2) is 59.7 Å². The Balaban J connectivity index is 1.37. The largest absolute Gasteiger partial charge is 0.345 e. The molecule has 0 unspecified atom stereocenters. The first-order chi connectivity index (χ1) is 15.6. The number of aromatic nitrogens is 5. The SMILES string of the molecule is O=C(c1ccc2nc[nH]c2c1)N1CCc2nc3cc(-c4ccccc4Cl)[nH]n3c(=O)c2C1. The topological polar surface area (TPSA) is 99.2 Å². The smallest absolute Gasteiger partial charge is 0.277 e. The van der Waals surface area contributed by atoms with Crippen LogP contribution in [-0.2, 0) is 13.0 Å². The molecule has 6 rings (SSSR count). The number of carbonyl (C=O) groups is 1. The number of nitrogens with one attached hydrogen (secondary N) is 2. The molecule has 32 heavy (non-hydrogen) atoms. The van der Waals surface area contributed by atoms with Crippen LogP contribution in [0, 0.1) is 0 Å². The molecule has 4 heterocycles. The van der Waals surface area contributed by atoms with E-state index in [0.717, 1.165) is 22.3 Å². The van der Waals surface area contributed by atoms with Gasteiger partial charge in [0, 0.05) is 35.2 Å². The maximum absolute atomic E-state index is 13.3. The Hall–Kier alpha value is -3.91. The van der Waals surface area contributed by atoms with Gasteiger partial charge in [-0.1, -0.05) is 29.8 Å². The lowest BCUT2D eigenvalue weighted by atomic mass is 10.1. The van der Waals surface area contributed by atoms with Crippen LogP contribution in [0.5, 0.6) is 0 Å². The van der Waals surface area contributed by atoms with E-state index in [1.165, 1.54) is 4.52 Å². The minimum atomic E-state index is -0.204. The fourth-order valence-electron chi connectivity index (χ4n) is 4.22. The van der Waals surface area contributed by atoms with Gasteiger partial charge in [0.25, 0.3) is 11.5 Å². The number of fused-ring (bicyclic) bond motifs is 3.